The molecule has 0 amide bonds. The largest absolute Gasteiger partial charge is 0.326 e. The summed E-state index contributed by atoms with van der Waals surface area (Å²) in [7, 11) is 2.20. The molecule has 0 radical (unpaired) electrons. The number of aromatic nitrogens is 1. The maximum Gasteiger partial charge on any atom is 0.0500 e. The monoisotopic (exact) mass is 262 g/mol. The van der Waals surface area contributed by atoms with Crippen LogP contribution in [0.15, 0.2) is 24.5 Å². The van der Waals surface area contributed by atoms with E-state index in [1.165, 1.54) is 18.5 Å². The fraction of sp³-hybridized carbons (Fsp3) is 0.667. The second-order valence-electron chi connectivity index (χ2n) is 5.49. The van der Waals surface area contributed by atoms with Crippen molar-refractivity contribution in [1.29, 1.82) is 0 Å². The van der Waals surface area contributed by atoms with Crippen LogP contribution in [0, 0.1) is 0 Å². The Morgan fingerprint density at radius 2 is 1.95 bits per heavy atom. The van der Waals surface area contributed by atoms with Crippen molar-refractivity contribution in [1.82, 2.24) is 14.8 Å². The van der Waals surface area contributed by atoms with E-state index >= 15 is 0 Å². The van der Waals surface area contributed by atoms with Crippen LogP contribution in [-0.4, -0.2) is 54.1 Å². The Labute approximate surface area is 116 Å². The number of hydrogen-bond donors (Lipinski definition) is 1. The molecule has 0 aliphatic carbocycles. The second-order valence-corrected chi connectivity index (χ2v) is 5.49. The first-order valence-electron chi connectivity index (χ1n) is 7.30. The summed E-state index contributed by atoms with van der Waals surface area (Å²) in [5.74, 6) is 0. The Hall–Kier alpha value is -0.970. The third-order valence-corrected chi connectivity index (χ3v) is 4.07. The van der Waals surface area contributed by atoms with Crippen molar-refractivity contribution in [2.75, 3.05) is 33.2 Å². The summed E-state index contributed by atoms with van der Waals surface area (Å²) in [5.41, 5.74) is 7.69. The van der Waals surface area contributed by atoms with Crippen molar-refractivity contribution in [2.45, 2.75) is 31.8 Å². The lowest BCUT2D eigenvalue weighted by Crippen LogP contribution is -2.42. The maximum absolute atomic E-state index is 6.39. The van der Waals surface area contributed by atoms with Crippen molar-refractivity contribution in [3.63, 3.8) is 0 Å². The third-order valence-electron chi connectivity index (χ3n) is 4.07. The quantitative estimate of drug-likeness (QED) is 0.893. The standard InChI is InChI=1S/C15H26N4/c1-3-14(16)15(13-5-7-17-8-6-13)19-10-4-9-18(2)11-12-19/h5-8,14-15H,3-4,9-12,16H2,1-2H3. The van der Waals surface area contributed by atoms with E-state index in [0.717, 1.165) is 26.1 Å². The van der Waals surface area contributed by atoms with Crippen LogP contribution in [0.25, 0.3) is 0 Å². The lowest BCUT2D eigenvalue weighted by Gasteiger charge is -2.34. The Bertz CT molecular complexity index is 368. The van der Waals surface area contributed by atoms with E-state index in [0.29, 0.717) is 6.04 Å². The zero-order valence-corrected chi connectivity index (χ0v) is 12.1. The van der Waals surface area contributed by atoms with E-state index in [-0.39, 0.29) is 6.04 Å². The van der Waals surface area contributed by atoms with Gasteiger partial charge in [-0.1, -0.05) is 6.92 Å². The number of nitrogens with zero attached hydrogens (tertiary/aromatic N) is 3. The summed E-state index contributed by atoms with van der Waals surface area (Å²) < 4.78 is 0. The molecule has 2 N–H and O–H groups in total. The maximum atomic E-state index is 6.39. The highest BCUT2D eigenvalue weighted by Gasteiger charge is 2.26. The van der Waals surface area contributed by atoms with Gasteiger partial charge in [0.1, 0.15) is 0 Å². The second kappa shape index (κ2) is 6.98. The van der Waals surface area contributed by atoms with Crippen molar-refractivity contribution < 1.29 is 0 Å². The Kier molecular flexibility index (Phi) is 5.31. The number of nitrogens with two attached hydrogens (primary N) is 1. The van der Waals surface area contributed by atoms with Crippen molar-refractivity contribution in [3.05, 3.63) is 30.1 Å². The zero-order valence-electron chi connectivity index (χ0n) is 12.1. The molecule has 2 heterocycles. The highest BCUT2D eigenvalue weighted by atomic mass is 15.2. The Balaban J connectivity index is 2.18. The van der Waals surface area contributed by atoms with E-state index in [1.54, 1.807) is 0 Å². The van der Waals surface area contributed by atoms with Gasteiger partial charge in [-0.15, -0.1) is 0 Å². The fourth-order valence-corrected chi connectivity index (χ4v) is 2.86. The minimum absolute atomic E-state index is 0.186. The molecule has 1 aromatic rings. The van der Waals surface area contributed by atoms with Gasteiger partial charge >= 0.3 is 0 Å². The van der Waals surface area contributed by atoms with Crippen LogP contribution < -0.4 is 5.73 Å². The molecule has 2 rings (SSSR count). The van der Waals surface area contributed by atoms with Gasteiger partial charge in [0.25, 0.3) is 0 Å². The molecular formula is C15H26N4. The molecule has 0 aromatic carbocycles. The summed E-state index contributed by atoms with van der Waals surface area (Å²) >= 11 is 0. The highest BCUT2D eigenvalue weighted by molar-refractivity contribution is 5.17. The summed E-state index contributed by atoms with van der Waals surface area (Å²) in [4.78, 5) is 9.07. The first-order valence-corrected chi connectivity index (χ1v) is 7.30. The average Bonchev–Trinajstić information content (AvgIpc) is 2.65. The molecule has 1 fully saturated rings. The van der Waals surface area contributed by atoms with Gasteiger partial charge in [-0.25, -0.2) is 0 Å². The minimum atomic E-state index is 0.186. The molecule has 1 aromatic heterocycles. The molecule has 2 atom stereocenters. The number of hydrogen-bond acceptors (Lipinski definition) is 4. The molecule has 4 heteroatoms. The van der Waals surface area contributed by atoms with Gasteiger partial charge in [0.05, 0.1) is 6.04 Å². The van der Waals surface area contributed by atoms with E-state index < -0.39 is 0 Å². The molecule has 0 bridgehead atoms. The van der Waals surface area contributed by atoms with Crippen molar-refractivity contribution in [2.24, 2.45) is 5.73 Å². The van der Waals surface area contributed by atoms with Crippen molar-refractivity contribution in [3.8, 4) is 0 Å². The fourth-order valence-electron chi connectivity index (χ4n) is 2.86. The topological polar surface area (TPSA) is 45.4 Å². The summed E-state index contributed by atoms with van der Waals surface area (Å²) in [6.45, 7) is 6.70. The van der Waals surface area contributed by atoms with E-state index in [2.05, 4.69) is 40.9 Å². The first kappa shape index (κ1) is 14.4. The molecule has 0 spiro atoms. The van der Waals surface area contributed by atoms with Crippen LogP contribution in [0.5, 0.6) is 0 Å². The Morgan fingerprint density at radius 1 is 1.21 bits per heavy atom. The van der Waals surface area contributed by atoms with Gasteiger partial charge in [0.15, 0.2) is 0 Å². The van der Waals surface area contributed by atoms with Crippen LogP contribution in [0.4, 0.5) is 0 Å². The van der Waals surface area contributed by atoms with Gasteiger partial charge in [0, 0.05) is 38.1 Å². The van der Waals surface area contributed by atoms with Crippen LogP contribution in [-0.2, 0) is 0 Å². The predicted molar refractivity (Wildman–Crippen MR) is 78.9 cm³/mol. The summed E-state index contributed by atoms with van der Waals surface area (Å²) in [6.07, 6.45) is 5.96. The normalized spacial score (nSPS) is 21.8. The van der Waals surface area contributed by atoms with Gasteiger partial charge in [-0.05, 0) is 44.1 Å². The molecule has 2 unspecified atom stereocenters. The molecule has 1 aliphatic heterocycles. The van der Waals surface area contributed by atoms with Gasteiger partial charge in [-0.2, -0.15) is 0 Å². The Morgan fingerprint density at radius 3 is 2.63 bits per heavy atom. The van der Waals surface area contributed by atoms with Crippen LogP contribution in [0.3, 0.4) is 0 Å². The molecule has 4 nitrogen and oxygen atoms in total. The lowest BCUT2D eigenvalue weighted by molar-refractivity contribution is 0.175. The van der Waals surface area contributed by atoms with E-state index in [9.17, 15) is 0 Å². The molecule has 0 saturated carbocycles. The van der Waals surface area contributed by atoms with Crippen LogP contribution in [0.1, 0.15) is 31.4 Å². The van der Waals surface area contributed by atoms with Gasteiger partial charge in [0.2, 0.25) is 0 Å². The smallest absolute Gasteiger partial charge is 0.0500 e. The third kappa shape index (κ3) is 3.75. The SMILES string of the molecule is CCC(N)C(c1ccncc1)N1CCCN(C)CC1. The van der Waals surface area contributed by atoms with Crippen molar-refractivity contribution >= 4 is 0 Å². The number of likely N-dealkylation sites (N-methyl/N-ethyl adjacent to an activating group) is 1. The van der Waals surface area contributed by atoms with Crippen LogP contribution >= 0.6 is 0 Å². The molecule has 106 valence electrons. The number of pyridine rings is 1. The summed E-state index contributed by atoms with van der Waals surface area (Å²) in [6, 6.07) is 4.72. The first-order chi connectivity index (χ1) is 9.22. The number of rotatable bonds is 4. The summed E-state index contributed by atoms with van der Waals surface area (Å²) in [5, 5.41) is 0. The lowest BCUT2D eigenvalue weighted by atomic mass is 9.97. The molecule has 1 saturated heterocycles. The van der Waals surface area contributed by atoms with E-state index in [4.69, 9.17) is 5.73 Å². The molecular weight excluding hydrogens is 236 g/mol. The van der Waals surface area contributed by atoms with E-state index in [1.807, 2.05) is 12.4 Å². The molecule has 19 heavy (non-hydrogen) atoms. The predicted octanol–water partition coefficient (Wildman–Crippen LogP) is 1.50. The minimum Gasteiger partial charge on any atom is -0.326 e. The molecule has 1 aliphatic rings. The van der Waals surface area contributed by atoms with Crippen LogP contribution in [0.2, 0.25) is 0 Å². The highest BCUT2D eigenvalue weighted by Crippen LogP contribution is 2.25. The zero-order chi connectivity index (χ0) is 13.7. The van der Waals surface area contributed by atoms with Gasteiger partial charge < -0.3 is 10.6 Å². The average molecular weight is 262 g/mol. The van der Waals surface area contributed by atoms with Gasteiger partial charge in [-0.3, -0.25) is 9.88 Å².